The Morgan fingerprint density at radius 2 is 1.82 bits per heavy atom. The highest BCUT2D eigenvalue weighted by atomic mass is 35.5. The molecular weight excluding hydrogens is 517 g/mol. The van der Waals surface area contributed by atoms with Gasteiger partial charge in [-0.2, -0.15) is 0 Å². The van der Waals surface area contributed by atoms with E-state index < -0.39 is 7.14 Å². The van der Waals surface area contributed by atoms with Crippen LogP contribution in [0.2, 0.25) is 5.02 Å². The van der Waals surface area contributed by atoms with E-state index in [2.05, 4.69) is 44.7 Å². The third kappa shape index (κ3) is 6.02. The number of hydrogen-bond acceptors (Lipinski definition) is 7. The van der Waals surface area contributed by atoms with Crippen molar-refractivity contribution in [2.24, 2.45) is 0 Å². The van der Waals surface area contributed by atoms with E-state index in [4.69, 9.17) is 16.3 Å². The van der Waals surface area contributed by atoms with Gasteiger partial charge in [0.2, 0.25) is 0 Å². The van der Waals surface area contributed by atoms with Gasteiger partial charge in [-0.1, -0.05) is 29.8 Å². The zero-order chi connectivity index (χ0) is 26.8. The number of nitrogens with zero attached hydrogens (tertiary/aromatic N) is 1. The van der Waals surface area contributed by atoms with Gasteiger partial charge in [0.05, 0.1) is 29.7 Å². The Morgan fingerprint density at radius 3 is 2.53 bits per heavy atom. The smallest absolute Gasteiger partial charge is 0.142 e. The van der Waals surface area contributed by atoms with Gasteiger partial charge in [-0.05, 0) is 87.6 Å². The number of hydrazine groups is 1. The van der Waals surface area contributed by atoms with E-state index in [1.807, 2.05) is 30.3 Å². The lowest BCUT2D eigenvalue weighted by Gasteiger charge is -2.44. The van der Waals surface area contributed by atoms with E-state index >= 15 is 0 Å². The van der Waals surface area contributed by atoms with Crippen molar-refractivity contribution in [3.8, 4) is 5.75 Å². The molecule has 9 heteroatoms. The minimum Gasteiger partial charge on any atom is -0.495 e. The Hall–Kier alpha value is -2.57. The molecule has 5 rings (SSSR count). The standard InChI is InChI=1S/C29H37ClN5O2P/c1-37-26-17-21(20-11-14-29(15-12-20)13-6-16-32-35-29)9-10-23(26)34-28-18-25(22(30)19-31-28)33-24-7-4-5-8-27(24)38(2,3)36/h4-5,7-10,17-20,32,35H,6,11-16H2,1-3H3,(H2,31,33,34). The third-order valence-corrected chi connectivity index (χ3v) is 9.67. The van der Waals surface area contributed by atoms with Gasteiger partial charge in [0, 0.05) is 29.1 Å². The summed E-state index contributed by atoms with van der Waals surface area (Å²) in [4.78, 5) is 4.48. The quantitative estimate of drug-likeness (QED) is 0.240. The highest BCUT2D eigenvalue weighted by molar-refractivity contribution is 7.70. The lowest BCUT2D eigenvalue weighted by atomic mass is 9.72. The fourth-order valence-corrected chi connectivity index (χ4v) is 7.01. The fourth-order valence-electron chi connectivity index (χ4n) is 5.71. The van der Waals surface area contributed by atoms with Crippen molar-refractivity contribution in [1.82, 2.24) is 15.8 Å². The number of rotatable bonds is 7. The summed E-state index contributed by atoms with van der Waals surface area (Å²) >= 11 is 6.48. The van der Waals surface area contributed by atoms with Crippen molar-refractivity contribution in [1.29, 1.82) is 0 Å². The van der Waals surface area contributed by atoms with Crippen molar-refractivity contribution in [2.75, 3.05) is 37.6 Å². The fraction of sp³-hybridized carbons (Fsp3) is 0.414. The first-order chi connectivity index (χ1) is 18.3. The second kappa shape index (κ2) is 11.3. The Balaban J connectivity index is 1.32. The van der Waals surface area contributed by atoms with E-state index in [0.717, 1.165) is 29.0 Å². The van der Waals surface area contributed by atoms with Crippen LogP contribution in [0.5, 0.6) is 5.75 Å². The van der Waals surface area contributed by atoms with Crippen molar-refractivity contribution in [3.05, 3.63) is 65.3 Å². The summed E-state index contributed by atoms with van der Waals surface area (Å²) in [5.41, 5.74) is 10.8. The molecule has 7 nitrogen and oxygen atoms in total. The predicted octanol–water partition coefficient (Wildman–Crippen LogP) is 6.76. The molecular formula is C29H37ClN5O2P. The van der Waals surface area contributed by atoms with Crippen LogP contribution in [0.25, 0.3) is 0 Å². The van der Waals surface area contributed by atoms with Crippen LogP contribution in [0.1, 0.15) is 50.0 Å². The van der Waals surface area contributed by atoms with Gasteiger partial charge in [0.1, 0.15) is 18.7 Å². The van der Waals surface area contributed by atoms with E-state index in [9.17, 15) is 4.57 Å². The minimum atomic E-state index is -2.47. The lowest BCUT2D eigenvalue weighted by molar-refractivity contribution is 0.146. The Morgan fingerprint density at radius 1 is 1.03 bits per heavy atom. The van der Waals surface area contributed by atoms with Crippen LogP contribution >= 0.6 is 18.7 Å². The molecule has 4 N–H and O–H groups in total. The van der Waals surface area contributed by atoms with Crippen LogP contribution < -0.4 is 31.5 Å². The molecule has 202 valence electrons. The summed E-state index contributed by atoms with van der Waals surface area (Å²) in [6, 6.07) is 15.9. The first-order valence-electron chi connectivity index (χ1n) is 13.3. The van der Waals surface area contributed by atoms with Crippen molar-refractivity contribution in [2.45, 2.75) is 50.0 Å². The number of hydrogen-bond donors (Lipinski definition) is 4. The van der Waals surface area contributed by atoms with E-state index in [1.165, 1.54) is 44.1 Å². The SMILES string of the molecule is COc1cc(C2CCC3(CCCNN3)CC2)ccc1Nc1cc(Nc2ccccc2P(C)(C)=O)c(Cl)cn1. The summed E-state index contributed by atoms with van der Waals surface area (Å²) in [5, 5.41) is 8.00. The van der Waals surface area contributed by atoms with Crippen LogP contribution in [0.4, 0.5) is 22.9 Å². The highest BCUT2D eigenvalue weighted by Gasteiger charge is 2.36. The molecule has 1 aliphatic carbocycles. The van der Waals surface area contributed by atoms with Crippen molar-refractivity contribution < 1.29 is 9.30 Å². The molecule has 1 spiro atoms. The maximum atomic E-state index is 12.8. The minimum absolute atomic E-state index is 0.262. The lowest BCUT2D eigenvalue weighted by Crippen LogP contribution is -2.57. The van der Waals surface area contributed by atoms with Gasteiger partial charge >= 0.3 is 0 Å². The molecule has 0 unspecified atom stereocenters. The molecule has 2 aromatic carbocycles. The highest BCUT2D eigenvalue weighted by Crippen LogP contribution is 2.43. The monoisotopic (exact) mass is 553 g/mol. The molecule has 1 saturated carbocycles. The number of benzene rings is 2. The maximum Gasteiger partial charge on any atom is 0.142 e. The number of ether oxygens (including phenoxy) is 1. The first-order valence-corrected chi connectivity index (χ1v) is 16.3. The second-order valence-electron chi connectivity index (χ2n) is 10.8. The van der Waals surface area contributed by atoms with Crippen LogP contribution in [0.15, 0.2) is 54.7 Å². The van der Waals surface area contributed by atoms with E-state index in [-0.39, 0.29) is 5.54 Å². The largest absolute Gasteiger partial charge is 0.495 e. The molecule has 1 aromatic heterocycles. The van der Waals surface area contributed by atoms with Crippen molar-refractivity contribution >= 4 is 46.9 Å². The number of pyridine rings is 1. The van der Waals surface area contributed by atoms with Gasteiger partial charge in [0.15, 0.2) is 0 Å². The number of aromatic nitrogens is 1. The normalized spacial score (nSPS) is 21.7. The van der Waals surface area contributed by atoms with Crippen LogP contribution in [0, 0.1) is 0 Å². The van der Waals surface area contributed by atoms with Crippen molar-refractivity contribution in [3.63, 3.8) is 0 Å². The number of para-hydroxylation sites is 1. The summed E-state index contributed by atoms with van der Waals surface area (Å²) in [6.07, 6.45) is 8.82. The van der Waals surface area contributed by atoms with E-state index in [0.29, 0.717) is 22.4 Å². The zero-order valence-electron chi connectivity index (χ0n) is 22.3. The zero-order valence-corrected chi connectivity index (χ0v) is 24.0. The topological polar surface area (TPSA) is 87.3 Å². The number of nitrogens with one attached hydrogen (secondary N) is 4. The van der Waals surface area contributed by atoms with Gasteiger partial charge in [-0.3, -0.25) is 10.9 Å². The number of methoxy groups -OCH3 is 1. The van der Waals surface area contributed by atoms with Crippen LogP contribution in [-0.2, 0) is 4.57 Å². The first kappa shape index (κ1) is 27.0. The molecule has 38 heavy (non-hydrogen) atoms. The van der Waals surface area contributed by atoms with Crippen LogP contribution in [-0.4, -0.2) is 37.5 Å². The Labute approximate surface area is 230 Å². The second-order valence-corrected chi connectivity index (χ2v) is 14.4. The Kier molecular flexibility index (Phi) is 8.01. The molecule has 0 amide bonds. The van der Waals surface area contributed by atoms with Gasteiger partial charge < -0.3 is 19.9 Å². The number of anilines is 4. The average Bonchev–Trinajstić information content (AvgIpc) is 2.91. The molecule has 0 bridgehead atoms. The van der Waals surface area contributed by atoms with Gasteiger partial charge in [0.25, 0.3) is 0 Å². The average molecular weight is 554 g/mol. The van der Waals surface area contributed by atoms with Crippen LogP contribution in [0.3, 0.4) is 0 Å². The molecule has 3 aromatic rings. The van der Waals surface area contributed by atoms with Gasteiger partial charge in [-0.15, -0.1) is 0 Å². The molecule has 2 aliphatic rings. The van der Waals surface area contributed by atoms with E-state index in [1.54, 1.807) is 26.6 Å². The summed E-state index contributed by atoms with van der Waals surface area (Å²) in [6.45, 7) is 4.59. The van der Waals surface area contributed by atoms with Gasteiger partial charge in [-0.25, -0.2) is 4.98 Å². The maximum absolute atomic E-state index is 12.8. The summed E-state index contributed by atoms with van der Waals surface area (Å²) in [7, 11) is -0.773. The summed E-state index contributed by atoms with van der Waals surface area (Å²) < 4.78 is 18.6. The molecule has 0 radical (unpaired) electrons. The Bertz CT molecular complexity index is 1330. The molecule has 0 atom stereocenters. The predicted molar refractivity (Wildman–Crippen MR) is 159 cm³/mol. The molecule has 2 heterocycles. The molecule has 1 saturated heterocycles. The molecule has 2 fully saturated rings. The third-order valence-electron chi connectivity index (χ3n) is 7.82. The molecule has 1 aliphatic heterocycles. The number of halogens is 1. The summed E-state index contributed by atoms with van der Waals surface area (Å²) in [5.74, 6) is 1.95.